The number of piperidine rings is 1. The van der Waals surface area contributed by atoms with Crippen LogP contribution in [0.1, 0.15) is 28.8 Å². The van der Waals surface area contributed by atoms with E-state index in [0.29, 0.717) is 5.69 Å². The van der Waals surface area contributed by atoms with Gasteiger partial charge in [-0.2, -0.15) is 5.10 Å². The number of likely N-dealkylation sites (tertiary alicyclic amines) is 1. The van der Waals surface area contributed by atoms with E-state index in [9.17, 15) is 13.2 Å². The van der Waals surface area contributed by atoms with Gasteiger partial charge in [-0.1, -0.05) is 35.9 Å². The summed E-state index contributed by atoms with van der Waals surface area (Å²) in [6.45, 7) is 3.70. The van der Waals surface area contributed by atoms with Gasteiger partial charge >= 0.3 is 0 Å². The predicted octanol–water partition coefficient (Wildman–Crippen LogP) is 2.81. The highest BCUT2D eigenvalue weighted by Gasteiger charge is 2.26. The molecule has 9 heteroatoms. The Morgan fingerprint density at radius 1 is 1.03 bits per heavy atom. The second kappa shape index (κ2) is 9.13. The highest BCUT2D eigenvalue weighted by Crippen LogP contribution is 2.24. The quantitative estimate of drug-likeness (QED) is 0.598. The summed E-state index contributed by atoms with van der Waals surface area (Å²) in [5.74, 6) is -0.231. The molecule has 0 spiro atoms. The second-order valence-corrected chi connectivity index (χ2v) is 9.81. The Labute approximate surface area is 188 Å². The Morgan fingerprint density at radius 3 is 2.34 bits per heavy atom. The van der Waals surface area contributed by atoms with Crippen LogP contribution in [0, 0.1) is 6.92 Å². The van der Waals surface area contributed by atoms with Crippen LogP contribution in [0.4, 0.5) is 5.82 Å². The maximum atomic E-state index is 13.1. The smallest absolute Gasteiger partial charge is 0.263 e. The lowest BCUT2D eigenvalue weighted by Gasteiger charge is -2.29. The lowest BCUT2D eigenvalue weighted by Crippen LogP contribution is -2.43. The van der Waals surface area contributed by atoms with Gasteiger partial charge in [-0.3, -0.25) is 9.52 Å². The molecular weight excluding hydrogens is 426 g/mol. The highest BCUT2D eigenvalue weighted by molar-refractivity contribution is 7.92. The standard InChI is InChI=1S/C23H27N5O3S/c1-17-8-10-20(11-9-17)32(30,31)26-22-21(16-24-28(22)19-6-4-3-5-7-19)23(29)25-18-12-14-27(2)15-13-18/h3-11,16,18,26H,12-15H2,1-2H3,(H,25,29). The SMILES string of the molecule is Cc1ccc(S(=O)(=O)Nc2c(C(=O)NC3CCN(C)CC3)cnn2-c2ccccc2)cc1. The number of para-hydroxylation sites is 1. The molecule has 0 bridgehead atoms. The fourth-order valence-corrected chi connectivity index (χ4v) is 4.76. The third-order valence-corrected chi connectivity index (χ3v) is 6.99. The van der Waals surface area contributed by atoms with E-state index in [-0.39, 0.29) is 28.2 Å². The highest BCUT2D eigenvalue weighted by atomic mass is 32.2. The molecule has 4 rings (SSSR count). The van der Waals surface area contributed by atoms with Crippen molar-refractivity contribution in [3.63, 3.8) is 0 Å². The van der Waals surface area contributed by atoms with Crippen molar-refractivity contribution in [2.45, 2.75) is 30.7 Å². The number of benzene rings is 2. The molecule has 1 fully saturated rings. The van der Waals surface area contributed by atoms with Crippen LogP contribution in [0.15, 0.2) is 65.7 Å². The Balaban J connectivity index is 1.67. The fourth-order valence-electron chi connectivity index (χ4n) is 3.70. The van der Waals surface area contributed by atoms with Gasteiger partial charge in [0.15, 0.2) is 5.82 Å². The first-order chi connectivity index (χ1) is 15.3. The van der Waals surface area contributed by atoms with Crippen LogP contribution in [0.3, 0.4) is 0 Å². The van der Waals surface area contributed by atoms with Crippen molar-refractivity contribution in [3.05, 3.63) is 71.9 Å². The molecule has 1 aliphatic heterocycles. The third kappa shape index (κ3) is 4.84. The number of carbonyl (C=O) groups is 1. The number of aromatic nitrogens is 2. The summed E-state index contributed by atoms with van der Waals surface area (Å²) in [7, 11) is -1.87. The number of amides is 1. The van der Waals surface area contributed by atoms with Gasteiger partial charge < -0.3 is 10.2 Å². The number of carbonyl (C=O) groups excluding carboxylic acids is 1. The number of hydrogen-bond donors (Lipinski definition) is 2. The molecule has 168 valence electrons. The average Bonchev–Trinajstić information content (AvgIpc) is 3.19. The number of aryl methyl sites for hydroxylation is 1. The predicted molar refractivity (Wildman–Crippen MR) is 124 cm³/mol. The molecule has 0 radical (unpaired) electrons. The van der Waals surface area contributed by atoms with Crippen LogP contribution in [-0.2, 0) is 10.0 Å². The lowest BCUT2D eigenvalue weighted by atomic mass is 10.1. The van der Waals surface area contributed by atoms with E-state index in [0.717, 1.165) is 31.5 Å². The van der Waals surface area contributed by atoms with Crippen molar-refractivity contribution >= 4 is 21.7 Å². The molecule has 0 unspecified atom stereocenters. The molecule has 0 atom stereocenters. The molecule has 2 heterocycles. The molecule has 1 aliphatic rings. The van der Waals surface area contributed by atoms with Gasteiger partial charge in [0.1, 0.15) is 5.56 Å². The summed E-state index contributed by atoms with van der Waals surface area (Å²) in [5, 5.41) is 7.37. The van der Waals surface area contributed by atoms with Crippen molar-refractivity contribution < 1.29 is 13.2 Å². The third-order valence-electron chi connectivity index (χ3n) is 5.63. The van der Waals surface area contributed by atoms with Crippen LogP contribution in [0.25, 0.3) is 5.69 Å². The summed E-state index contributed by atoms with van der Waals surface area (Å²) < 4.78 is 30.3. The number of sulfonamides is 1. The van der Waals surface area contributed by atoms with Crippen LogP contribution >= 0.6 is 0 Å². The van der Waals surface area contributed by atoms with Crippen molar-refractivity contribution in [2.24, 2.45) is 0 Å². The number of anilines is 1. The normalized spacial score (nSPS) is 15.4. The van der Waals surface area contributed by atoms with Gasteiger partial charge in [0.25, 0.3) is 15.9 Å². The van der Waals surface area contributed by atoms with Gasteiger partial charge in [-0.15, -0.1) is 0 Å². The topological polar surface area (TPSA) is 96.3 Å². The molecular formula is C23H27N5O3S. The molecule has 0 aliphatic carbocycles. The molecule has 32 heavy (non-hydrogen) atoms. The molecule has 3 aromatic rings. The summed E-state index contributed by atoms with van der Waals surface area (Å²) in [5.41, 5.74) is 1.78. The summed E-state index contributed by atoms with van der Waals surface area (Å²) >= 11 is 0. The summed E-state index contributed by atoms with van der Waals surface area (Å²) in [6, 6.07) is 15.7. The minimum atomic E-state index is -3.92. The van der Waals surface area contributed by atoms with Crippen molar-refractivity contribution in [3.8, 4) is 5.69 Å². The van der Waals surface area contributed by atoms with E-state index in [1.807, 2.05) is 25.1 Å². The van der Waals surface area contributed by atoms with E-state index < -0.39 is 10.0 Å². The minimum absolute atomic E-state index is 0.0420. The van der Waals surface area contributed by atoms with E-state index in [2.05, 4.69) is 27.1 Å². The average molecular weight is 454 g/mol. The molecule has 2 aromatic carbocycles. The molecule has 1 amide bonds. The maximum Gasteiger partial charge on any atom is 0.263 e. The number of hydrogen-bond acceptors (Lipinski definition) is 5. The van der Waals surface area contributed by atoms with Crippen LogP contribution in [0.2, 0.25) is 0 Å². The fraction of sp³-hybridized carbons (Fsp3) is 0.304. The summed E-state index contributed by atoms with van der Waals surface area (Å²) in [6.07, 6.45) is 3.10. The molecule has 2 N–H and O–H groups in total. The van der Waals surface area contributed by atoms with E-state index in [1.54, 1.807) is 36.4 Å². The van der Waals surface area contributed by atoms with Gasteiger partial charge in [0, 0.05) is 6.04 Å². The number of nitrogens with one attached hydrogen (secondary N) is 2. The van der Waals surface area contributed by atoms with E-state index in [1.165, 1.54) is 10.9 Å². The van der Waals surface area contributed by atoms with Crippen LogP contribution in [-0.4, -0.2) is 55.2 Å². The Hall–Kier alpha value is -3.17. The maximum absolute atomic E-state index is 13.1. The first-order valence-corrected chi connectivity index (χ1v) is 12.0. The van der Waals surface area contributed by atoms with E-state index >= 15 is 0 Å². The zero-order valence-corrected chi connectivity index (χ0v) is 19.0. The zero-order valence-electron chi connectivity index (χ0n) is 18.2. The molecule has 1 saturated heterocycles. The van der Waals surface area contributed by atoms with Crippen molar-refractivity contribution in [1.82, 2.24) is 20.0 Å². The van der Waals surface area contributed by atoms with Crippen LogP contribution < -0.4 is 10.0 Å². The largest absolute Gasteiger partial charge is 0.349 e. The van der Waals surface area contributed by atoms with Crippen molar-refractivity contribution in [1.29, 1.82) is 0 Å². The molecule has 0 saturated carbocycles. The van der Waals surface area contributed by atoms with Gasteiger partial charge in [-0.05, 0) is 64.2 Å². The first kappa shape index (κ1) is 22.0. The monoisotopic (exact) mass is 453 g/mol. The van der Waals surface area contributed by atoms with Gasteiger partial charge in [0.2, 0.25) is 0 Å². The minimum Gasteiger partial charge on any atom is -0.349 e. The molecule has 1 aromatic heterocycles. The number of rotatable bonds is 6. The number of nitrogens with zero attached hydrogens (tertiary/aromatic N) is 3. The lowest BCUT2D eigenvalue weighted by molar-refractivity contribution is 0.0918. The second-order valence-electron chi connectivity index (χ2n) is 8.12. The van der Waals surface area contributed by atoms with Crippen molar-refractivity contribution in [2.75, 3.05) is 24.9 Å². The Morgan fingerprint density at radius 2 is 1.69 bits per heavy atom. The first-order valence-electron chi connectivity index (χ1n) is 10.6. The Kier molecular flexibility index (Phi) is 6.29. The summed E-state index contributed by atoms with van der Waals surface area (Å²) in [4.78, 5) is 15.4. The van der Waals surface area contributed by atoms with E-state index in [4.69, 9.17) is 0 Å². The molecule has 8 nitrogen and oxygen atoms in total. The zero-order chi connectivity index (χ0) is 22.7. The van der Waals surface area contributed by atoms with Gasteiger partial charge in [-0.25, -0.2) is 13.1 Å². The Bertz CT molecular complexity index is 1180. The van der Waals surface area contributed by atoms with Crippen LogP contribution in [0.5, 0.6) is 0 Å². The van der Waals surface area contributed by atoms with Gasteiger partial charge in [0.05, 0.1) is 16.8 Å².